The molecule has 1 fully saturated rings. The Kier molecular flexibility index (Phi) is 5.46. The van der Waals surface area contributed by atoms with Gasteiger partial charge in [0.25, 0.3) is 5.91 Å². The second kappa shape index (κ2) is 8.18. The number of hydrogen-bond donors (Lipinski definition) is 2. The van der Waals surface area contributed by atoms with Gasteiger partial charge < -0.3 is 24.3 Å². The maximum absolute atomic E-state index is 13.1. The summed E-state index contributed by atoms with van der Waals surface area (Å²) in [7, 11) is 0. The van der Waals surface area contributed by atoms with Gasteiger partial charge in [-0.05, 0) is 44.0 Å². The zero-order valence-electron chi connectivity index (χ0n) is 16.2. The number of rotatable bonds is 6. The number of ether oxygens (including phenoxy) is 2. The van der Waals surface area contributed by atoms with Crippen LogP contribution in [0.25, 0.3) is 11.0 Å². The summed E-state index contributed by atoms with van der Waals surface area (Å²) in [5, 5.41) is 13.5. The molecular weight excluding hydrogens is 374 g/mol. The van der Waals surface area contributed by atoms with Crippen molar-refractivity contribution in [2.45, 2.75) is 31.9 Å². The van der Waals surface area contributed by atoms with E-state index in [9.17, 15) is 9.90 Å². The van der Waals surface area contributed by atoms with Crippen molar-refractivity contribution in [2.75, 3.05) is 19.8 Å². The molecule has 0 bridgehead atoms. The van der Waals surface area contributed by atoms with Crippen LogP contribution in [-0.2, 0) is 11.3 Å². The first-order valence-electron chi connectivity index (χ1n) is 9.53. The van der Waals surface area contributed by atoms with E-state index in [0.717, 1.165) is 0 Å². The number of amides is 1. The molecule has 29 heavy (non-hydrogen) atoms. The first-order valence-corrected chi connectivity index (χ1v) is 9.53. The van der Waals surface area contributed by atoms with Crippen molar-refractivity contribution >= 4 is 16.9 Å². The number of furan rings is 1. The standard InChI is InChI=1S/C21H23N3O5/c1-14-19(20(26)24-21(13-25)5-9-27-10-6-21)16-11-15(3-4-17(16)29-14)28-12-18-22-7-2-8-23-18/h2-4,7-8,11,25H,5-6,9-10,12-13H2,1H3,(H,24,26). The molecule has 0 saturated carbocycles. The van der Waals surface area contributed by atoms with Crippen LogP contribution in [0.1, 0.15) is 34.8 Å². The van der Waals surface area contributed by atoms with E-state index in [1.807, 2.05) is 0 Å². The minimum absolute atomic E-state index is 0.137. The molecule has 1 saturated heterocycles. The van der Waals surface area contributed by atoms with Gasteiger partial charge in [-0.3, -0.25) is 4.79 Å². The highest BCUT2D eigenvalue weighted by atomic mass is 16.5. The van der Waals surface area contributed by atoms with Crippen LogP contribution >= 0.6 is 0 Å². The molecular formula is C21H23N3O5. The molecule has 0 radical (unpaired) electrons. The summed E-state index contributed by atoms with van der Waals surface area (Å²) < 4.78 is 16.9. The highest BCUT2D eigenvalue weighted by molar-refractivity contribution is 6.07. The van der Waals surface area contributed by atoms with Crippen molar-refractivity contribution in [3.8, 4) is 5.75 Å². The molecule has 0 spiro atoms. The Balaban J connectivity index is 1.58. The van der Waals surface area contributed by atoms with Crippen molar-refractivity contribution < 1.29 is 23.8 Å². The Labute approximate surface area is 167 Å². The molecule has 0 aliphatic carbocycles. The van der Waals surface area contributed by atoms with Crippen molar-refractivity contribution in [3.63, 3.8) is 0 Å². The lowest BCUT2D eigenvalue weighted by molar-refractivity contribution is 0.0125. The van der Waals surface area contributed by atoms with Crippen molar-refractivity contribution in [1.82, 2.24) is 15.3 Å². The average molecular weight is 397 g/mol. The molecule has 8 nitrogen and oxygen atoms in total. The van der Waals surface area contributed by atoms with E-state index in [2.05, 4.69) is 15.3 Å². The third-order valence-electron chi connectivity index (χ3n) is 5.18. The third kappa shape index (κ3) is 4.08. The fourth-order valence-corrected chi connectivity index (χ4v) is 3.51. The minimum Gasteiger partial charge on any atom is -0.486 e. The Morgan fingerprint density at radius 2 is 2.03 bits per heavy atom. The molecule has 4 rings (SSSR count). The highest BCUT2D eigenvalue weighted by Gasteiger charge is 2.35. The Bertz CT molecular complexity index is 996. The molecule has 1 aliphatic rings. The van der Waals surface area contributed by atoms with Gasteiger partial charge >= 0.3 is 0 Å². The van der Waals surface area contributed by atoms with E-state index < -0.39 is 5.54 Å². The summed E-state index contributed by atoms with van der Waals surface area (Å²) in [5.41, 5.74) is 0.367. The van der Waals surface area contributed by atoms with Crippen LogP contribution < -0.4 is 10.1 Å². The van der Waals surface area contributed by atoms with Gasteiger partial charge in [0.05, 0.1) is 17.7 Å². The molecule has 3 aromatic rings. The number of aliphatic hydroxyl groups is 1. The maximum atomic E-state index is 13.1. The highest BCUT2D eigenvalue weighted by Crippen LogP contribution is 2.30. The summed E-state index contributed by atoms with van der Waals surface area (Å²) in [6.07, 6.45) is 4.44. The van der Waals surface area contributed by atoms with E-state index in [-0.39, 0.29) is 19.1 Å². The van der Waals surface area contributed by atoms with E-state index in [4.69, 9.17) is 13.9 Å². The first kappa shape index (κ1) is 19.4. The molecule has 1 amide bonds. The number of aryl methyl sites for hydroxylation is 1. The largest absolute Gasteiger partial charge is 0.486 e. The molecule has 1 aliphatic heterocycles. The predicted molar refractivity (Wildman–Crippen MR) is 105 cm³/mol. The lowest BCUT2D eigenvalue weighted by Crippen LogP contribution is -2.54. The quantitative estimate of drug-likeness (QED) is 0.658. The monoisotopic (exact) mass is 397 g/mol. The van der Waals surface area contributed by atoms with Crippen LogP contribution in [-0.4, -0.2) is 46.3 Å². The van der Waals surface area contributed by atoms with Gasteiger partial charge in [-0.1, -0.05) is 0 Å². The molecule has 2 N–H and O–H groups in total. The number of aromatic nitrogens is 2. The van der Waals surface area contributed by atoms with Gasteiger partial charge in [-0.25, -0.2) is 9.97 Å². The summed E-state index contributed by atoms with van der Waals surface area (Å²) in [5.74, 6) is 1.39. The zero-order valence-corrected chi connectivity index (χ0v) is 16.2. The van der Waals surface area contributed by atoms with Crippen molar-refractivity contribution in [3.05, 3.63) is 53.8 Å². The average Bonchev–Trinajstić information content (AvgIpc) is 3.08. The van der Waals surface area contributed by atoms with Crippen LogP contribution in [0.2, 0.25) is 0 Å². The number of nitrogens with one attached hydrogen (secondary N) is 1. The second-order valence-corrected chi connectivity index (χ2v) is 7.15. The maximum Gasteiger partial charge on any atom is 0.255 e. The Hall–Kier alpha value is -2.97. The SMILES string of the molecule is Cc1oc2ccc(OCc3ncccn3)cc2c1C(=O)NC1(CO)CCOCC1. The number of aliphatic hydroxyl groups excluding tert-OH is 1. The summed E-state index contributed by atoms with van der Waals surface area (Å²) in [6.45, 7) is 2.85. The van der Waals surface area contributed by atoms with Crippen molar-refractivity contribution in [1.29, 1.82) is 0 Å². The number of carbonyl (C=O) groups is 1. The van der Waals surface area contributed by atoms with E-state index >= 15 is 0 Å². The number of carbonyl (C=O) groups excluding carboxylic acids is 1. The predicted octanol–water partition coefficient (Wildman–Crippen LogP) is 2.38. The summed E-state index contributed by atoms with van der Waals surface area (Å²) in [4.78, 5) is 21.4. The zero-order chi connectivity index (χ0) is 20.3. The summed E-state index contributed by atoms with van der Waals surface area (Å²) in [6, 6.07) is 7.08. The molecule has 152 valence electrons. The van der Waals surface area contributed by atoms with Crippen LogP contribution in [0.4, 0.5) is 0 Å². The smallest absolute Gasteiger partial charge is 0.255 e. The number of benzene rings is 1. The van der Waals surface area contributed by atoms with Crippen molar-refractivity contribution in [2.24, 2.45) is 0 Å². The van der Waals surface area contributed by atoms with Gasteiger partial charge in [0, 0.05) is 31.0 Å². The Morgan fingerprint density at radius 3 is 2.76 bits per heavy atom. The van der Waals surface area contributed by atoms with Gasteiger partial charge in [0.1, 0.15) is 23.7 Å². The lowest BCUT2D eigenvalue weighted by Gasteiger charge is -2.36. The van der Waals surface area contributed by atoms with Gasteiger partial charge in [0.2, 0.25) is 0 Å². The van der Waals surface area contributed by atoms with E-state index in [1.165, 1.54) is 0 Å². The first-order chi connectivity index (χ1) is 14.1. The fraction of sp³-hybridized carbons (Fsp3) is 0.381. The van der Waals surface area contributed by atoms with E-state index in [0.29, 0.717) is 59.9 Å². The molecule has 3 heterocycles. The minimum atomic E-state index is -0.676. The topological polar surface area (TPSA) is 107 Å². The number of fused-ring (bicyclic) bond motifs is 1. The third-order valence-corrected chi connectivity index (χ3v) is 5.18. The molecule has 1 aromatic carbocycles. The molecule has 8 heteroatoms. The van der Waals surface area contributed by atoms with Gasteiger partial charge in [0.15, 0.2) is 5.82 Å². The number of hydrogen-bond acceptors (Lipinski definition) is 7. The van der Waals surface area contributed by atoms with Gasteiger partial charge in [-0.2, -0.15) is 0 Å². The summed E-state index contributed by atoms with van der Waals surface area (Å²) >= 11 is 0. The van der Waals surface area contributed by atoms with Crippen LogP contribution in [0.5, 0.6) is 5.75 Å². The molecule has 0 atom stereocenters. The second-order valence-electron chi connectivity index (χ2n) is 7.15. The van der Waals surface area contributed by atoms with E-state index in [1.54, 1.807) is 43.6 Å². The van der Waals surface area contributed by atoms with Crippen LogP contribution in [0.15, 0.2) is 41.1 Å². The lowest BCUT2D eigenvalue weighted by atomic mass is 9.90. The van der Waals surface area contributed by atoms with Crippen LogP contribution in [0, 0.1) is 6.92 Å². The Morgan fingerprint density at radius 1 is 1.28 bits per heavy atom. The van der Waals surface area contributed by atoms with Gasteiger partial charge in [-0.15, -0.1) is 0 Å². The fourth-order valence-electron chi connectivity index (χ4n) is 3.51. The van der Waals surface area contributed by atoms with Crippen LogP contribution in [0.3, 0.4) is 0 Å². The molecule has 0 unspecified atom stereocenters. The normalized spacial score (nSPS) is 15.9. The number of nitrogens with zero attached hydrogens (tertiary/aromatic N) is 2. The molecule has 2 aromatic heterocycles.